The van der Waals surface area contributed by atoms with Gasteiger partial charge in [0.15, 0.2) is 18.1 Å². The number of ether oxygens (including phenoxy) is 3. The van der Waals surface area contributed by atoms with Crippen molar-refractivity contribution in [2.45, 2.75) is 37.6 Å². The molecule has 2 heterocycles. The van der Waals surface area contributed by atoms with Crippen molar-refractivity contribution in [1.82, 2.24) is 9.21 Å². The highest BCUT2D eigenvalue weighted by molar-refractivity contribution is 7.89. The Kier molecular flexibility index (Phi) is 7.22. The molecule has 1 atom stereocenters. The van der Waals surface area contributed by atoms with Gasteiger partial charge in [-0.25, -0.2) is 8.42 Å². The van der Waals surface area contributed by atoms with Crippen LogP contribution in [0.4, 0.5) is 0 Å². The zero-order valence-corrected chi connectivity index (χ0v) is 18.7. The summed E-state index contributed by atoms with van der Waals surface area (Å²) in [5, 5.41) is 0. The van der Waals surface area contributed by atoms with Crippen molar-refractivity contribution in [3.8, 4) is 11.5 Å². The molecular formula is C21H28N2O7S. The molecule has 1 aromatic carbocycles. The fourth-order valence-electron chi connectivity index (χ4n) is 3.61. The number of carbonyl (C=O) groups excluding carboxylic acids is 2. The molecule has 1 fully saturated rings. The van der Waals surface area contributed by atoms with Gasteiger partial charge in [0.05, 0.1) is 4.90 Å². The lowest BCUT2D eigenvalue weighted by molar-refractivity contribution is -0.154. The standard InChI is InChI=1S/C21H28N2O7S/c1-4-22(13-15(2)3)20(24)14-30-21(25)17-6-5-9-23(17)31(26,27)16-7-8-18-19(12-16)29-11-10-28-18/h7-8,12,17H,2,4-6,9-11,13-14H2,1,3H3. The lowest BCUT2D eigenvalue weighted by Crippen LogP contribution is -2.43. The highest BCUT2D eigenvalue weighted by atomic mass is 32.2. The Labute approximate surface area is 182 Å². The number of carbonyl (C=O) groups is 2. The first-order chi connectivity index (χ1) is 14.7. The molecule has 0 saturated carbocycles. The summed E-state index contributed by atoms with van der Waals surface area (Å²) < 4.78 is 43.6. The van der Waals surface area contributed by atoms with Crippen LogP contribution in [0.2, 0.25) is 0 Å². The third-order valence-corrected chi connectivity index (χ3v) is 7.03. The van der Waals surface area contributed by atoms with Gasteiger partial charge in [-0.15, -0.1) is 0 Å². The van der Waals surface area contributed by atoms with E-state index in [0.29, 0.717) is 50.6 Å². The highest BCUT2D eigenvalue weighted by Gasteiger charge is 2.41. The Balaban J connectivity index is 1.69. The third-order valence-electron chi connectivity index (χ3n) is 5.13. The van der Waals surface area contributed by atoms with Gasteiger partial charge in [0, 0.05) is 25.7 Å². The SMILES string of the molecule is C=C(C)CN(CC)C(=O)COC(=O)C1CCCN1S(=O)(=O)c1ccc2c(c1)OCCO2. The van der Waals surface area contributed by atoms with E-state index < -0.39 is 28.6 Å². The molecule has 1 unspecified atom stereocenters. The van der Waals surface area contributed by atoms with Gasteiger partial charge in [-0.05, 0) is 38.8 Å². The van der Waals surface area contributed by atoms with Crippen LogP contribution in [0.1, 0.15) is 26.7 Å². The van der Waals surface area contributed by atoms with Crippen molar-refractivity contribution in [2.75, 3.05) is 39.5 Å². The molecule has 0 N–H and O–H groups in total. The molecule has 9 nitrogen and oxygen atoms in total. The van der Waals surface area contributed by atoms with Gasteiger partial charge in [-0.2, -0.15) is 4.31 Å². The summed E-state index contributed by atoms with van der Waals surface area (Å²) in [6.07, 6.45) is 0.855. The number of likely N-dealkylation sites (N-methyl/N-ethyl adjacent to an activating group) is 1. The van der Waals surface area contributed by atoms with Crippen LogP contribution in [0, 0.1) is 0 Å². The molecule has 0 spiro atoms. The van der Waals surface area contributed by atoms with Gasteiger partial charge in [0.2, 0.25) is 10.0 Å². The molecule has 2 aliphatic rings. The minimum atomic E-state index is -3.95. The summed E-state index contributed by atoms with van der Waals surface area (Å²) in [6.45, 7) is 8.74. The van der Waals surface area contributed by atoms with Gasteiger partial charge in [0.25, 0.3) is 5.91 Å². The van der Waals surface area contributed by atoms with Crippen LogP contribution in [-0.2, 0) is 24.3 Å². The Morgan fingerprint density at radius 2 is 1.97 bits per heavy atom. The second-order valence-corrected chi connectivity index (χ2v) is 9.44. The largest absolute Gasteiger partial charge is 0.486 e. The quantitative estimate of drug-likeness (QED) is 0.436. The van der Waals surface area contributed by atoms with E-state index in [1.165, 1.54) is 17.0 Å². The molecule has 2 aliphatic heterocycles. The number of nitrogens with zero attached hydrogens (tertiary/aromatic N) is 2. The number of hydrogen-bond acceptors (Lipinski definition) is 7. The van der Waals surface area contributed by atoms with Crippen LogP contribution in [0.15, 0.2) is 35.2 Å². The number of benzene rings is 1. The smallest absolute Gasteiger partial charge is 0.324 e. The molecular weight excluding hydrogens is 424 g/mol. The van der Waals surface area contributed by atoms with Crippen LogP contribution in [0.25, 0.3) is 0 Å². The van der Waals surface area contributed by atoms with Crippen molar-refractivity contribution < 1.29 is 32.2 Å². The van der Waals surface area contributed by atoms with E-state index in [2.05, 4.69) is 6.58 Å². The zero-order valence-electron chi connectivity index (χ0n) is 17.8. The van der Waals surface area contributed by atoms with E-state index in [0.717, 1.165) is 9.88 Å². The normalized spacial score (nSPS) is 18.5. The zero-order chi connectivity index (χ0) is 22.6. The Hall–Kier alpha value is -2.59. The first kappa shape index (κ1) is 23.1. The van der Waals surface area contributed by atoms with Crippen LogP contribution in [-0.4, -0.2) is 75.0 Å². The van der Waals surface area contributed by atoms with E-state index in [-0.39, 0.29) is 17.3 Å². The van der Waals surface area contributed by atoms with E-state index in [4.69, 9.17) is 14.2 Å². The number of rotatable bonds is 8. The summed E-state index contributed by atoms with van der Waals surface area (Å²) in [6, 6.07) is 3.42. The number of fused-ring (bicyclic) bond motifs is 1. The maximum absolute atomic E-state index is 13.2. The Bertz CT molecular complexity index is 960. The van der Waals surface area contributed by atoms with Crippen molar-refractivity contribution in [3.05, 3.63) is 30.4 Å². The maximum atomic E-state index is 13.2. The predicted octanol–water partition coefficient (Wildman–Crippen LogP) is 1.58. The Morgan fingerprint density at radius 1 is 1.26 bits per heavy atom. The Morgan fingerprint density at radius 3 is 2.65 bits per heavy atom. The minimum absolute atomic E-state index is 0.0196. The van der Waals surface area contributed by atoms with Gasteiger partial charge in [-0.3, -0.25) is 9.59 Å². The maximum Gasteiger partial charge on any atom is 0.324 e. The lowest BCUT2D eigenvalue weighted by Gasteiger charge is -2.25. The highest BCUT2D eigenvalue weighted by Crippen LogP contribution is 2.35. The average Bonchev–Trinajstić information content (AvgIpc) is 3.26. The molecule has 31 heavy (non-hydrogen) atoms. The molecule has 0 radical (unpaired) electrons. The molecule has 0 bridgehead atoms. The number of sulfonamides is 1. The molecule has 1 saturated heterocycles. The average molecular weight is 453 g/mol. The summed E-state index contributed by atoms with van der Waals surface area (Å²) in [5.74, 6) is -0.235. The molecule has 3 rings (SSSR count). The van der Waals surface area contributed by atoms with E-state index in [9.17, 15) is 18.0 Å². The second kappa shape index (κ2) is 9.69. The molecule has 0 aromatic heterocycles. The van der Waals surface area contributed by atoms with Crippen molar-refractivity contribution in [2.24, 2.45) is 0 Å². The number of hydrogen-bond donors (Lipinski definition) is 0. The monoisotopic (exact) mass is 452 g/mol. The van der Waals surface area contributed by atoms with Crippen molar-refractivity contribution in [1.29, 1.82) is 0 Å². The lowest BCUT2D eigenvalue weighted by atomic mass is 10.2. The summed E-state index contributed by atoms with van der Waals surface area (Å²) >= 11 is 0. The third kappa shape index (κ3) is 5.19. The number of esters is 1. The predicted molar refractivity (Wildman–Crippen MR) is 112 cm³/mol. The number of amides is 1. The molecule has 10 heteroatoms. The first-order valence-corrected chi connectivity index (χ1v) is 11.7. The van der Waals surface area contributed by atoms with Crippen molar-refractivity contribution >= 4 is 21.9 Å². The van der Waals surface area contributed by atoms with E-state index in [1.54, 1.807) is 13.0 Å². The van der Waals surface area contributed by atoms with Gasteiger partial charge < -0.3 is 19.1 Å². The molecule has 170 valence electrons. The van der Waals surface area contributed by atoms with Crippen LogP contribution in [0.3, 0.4) is 0 Å². The molecule has 1 aromatic rings. The van der Waals surface area contributed by atoms with Crippen LogP contribution in [0.5, 0.6) is 11.5 Å². The molecule has 0 aliphatic carbocycles. The van der Waals surface area contributed by atoms with Gasteiger partial charge in [0.1, 0.15) is 19.3 Å². The van der Waals surface area contributed by atoms with Crippen molar-refractivity contribution in [3.63, 3.8) is 0 Å². The topological polar surface area (TPSA) is 102 Å². The van der Waals surface area contributed by atoms with E-state index >= 15 is 0 Å². The van der Waals surface area contributed by atoms with E-state index in [1.807, 2.05) is 6.92 Å². The fourth-order valence-corrected chi connectivity index (χ4v) is 5.27. The van der Waals surface area contributed by atoms with Crippen LogP contribution < -0.4 is 9.47 Å². The minimum Gasteiger partial charge on any atom is -0.486 e. The summed E-state index contributed by atoms with van der Waals surface area (Å²) in [5.41, 5.74) is 0.814. The van der Waals surface area contributed by atoms with Gasteiger partial charge >= 0.3 is 5.97 Å². The summed E-state index contributed by atoms with van der Waals surface area (Å²) in [4.78, 5) is 26.5. The molecule has 1 amide bonds. The summed E-state index contributed by atoms with van der Waals surface area (Å²) in [7, 11) is -3.95. The van der Waals surface area contributed by atoms with Crippen LogP contribution >= 0.6 is 0 Å². The first-order valence-electron chi connectivity index (χ1n) is 10.2. The van der Waals surface area contributed by atoms with Gasteiger partial charge in [-0.1, -0.05) is 12.2 Å². The fraction of sp³-hybridized carbons (Fsp3) is 0.524. The second-order valence-electron chi connectivity index (χ2n) is 7.55.